The highest BCUT2D eigenvalue weighted by Crippen LogP contribution is 2.20. The van der Waals surface area contributed by atoms with E-state index < -0.39 is 20.7 Å². The van der Waals surface area contributed by atoms with E-state index in [2.05, 4.69) is 14.7 Å². The second-order valence-electron chi connectivity index (χ2n) is 3.23. The number of sulfonamides is 1. The zero-order chi connectivity index (χ0) is 13.2. The van der Waals surface area contributed by atoms with E-state index in [0.29, 0.717) is 0 Å². The number of hydrogen-bond acceptors (Lipinski definition) is 4. The quantitative estimate of drug-likeness (QED) is 0.938. The summed E-state index contributed by atoms with van der Waals surface area (Å²) in [6.07, 6.45) is 2.58. The van der Waals surface area contributed by atoms with Crippen LogP contribution in [0.3, 0.4) is 0 Å². The summed E-state index contributed by atoms with van der Waals surface area (Å²) in [6, 6.07) is 4.99. The molecule has 0 aliphatic heterocycles. The van der Waals surface area contributed by atoms with Crippen molar-refractivity contribution in [3.63, 3.8) is 0 Å². The SMILES string of the molecule is O=S(=O)(Nc1nccnc1Cl)c1ccccc1F. The number of nitrogens with zero attached hydrogens (tertiary/aromatic N) is 2. The maximum Gasteiger partial charge on any atom is 0.266 e. The van der Waals surface area contributed by atoms with Gasteiger partial charge in [-0.3, -0.25) is 4.72 Å². The molecule has 0 amide bonds. The molecule has 1 N–H and O–H groups in total. The summed E-state index contributed by atoms with van der Waals surface area (Å²) in [6.45, 7) is 0. The fourth-order valence-electron chi connectivity index (χ4n) is 1.23. The van der Waals surface area contributed by atoms with E-state index in [4.69, 9.17) is 11.6 Å². The molecule has 0 unspecified atom stereocenters. The number of aromatic nitrogens is 2. The van der Waals surface area contributed by atoms with Crippen molar-refractivity contribution < 1.29 is 12.8 Å². The van der Waals surface area contributed by atoms with Crippen molar-refractivity contribution >= 4 is 27.4 Å². The molecule has 94 valence electrons. The first-order valence-corrected chi connectivity index (χ1v) is 6.60. The third kappa shape index (κ3) is 2.57. The van der Waals surface area contributed by atoms with Gasteiger partial charge in [-0.15, -0.1) is 0 Å². The highest BCUT2D eigenvalue weighted by Gasteiger charge is 2.20. The van der Waals surface area contributed by atoms with Crippen molar-refractivity contribution in [1.29, 1.82) is 0 Å². The van der Waals surface area contributed by atoms with E-state index >= 15 is 0 Å². The molecule has 18 heavy (non-hydrogen) atoms. The maximum absolute atomic E-state index is 13.4. The fourth-order valence-corrected chi connectivity index (χ4v) is 2.54. The molecule has 5 nitrogen and oxygen atoms in total. The first kappa shape index (κ1) is 12.7. The lowest BCUT2D eigenvalue weighted by molar-refractivity contribution is 0.570. The van der Waals surface area contributed by atoms with E-state index in [1.807, 2.05) is 0 Å². The molecule has 2 aromatic rings. The van der Waals surface area contributed by atoms with Crippen molar-refractivity contribution in [2.75, 3.05) is 4.72 Å². The summed E-state index contributed by atoms with van der Waals surface area (Å²) in [5.41, 5.74) is 0. The standard InChI is InChI=1S/C10H7ClFN3O2S/c11-9-10(14-6-5-13-9)15-18(16,17)8-4-2-1-3-7(8)12/h1-6H,(H,14,15). The molecule has 0 saturated heterocycles. The van der Waals surface area contributed by atoms with Gasteiger partial charge in [-0.05, 0) is 12.1 Å². The minimum Gasteiger partial charge on any atom is -0.261 e. The Morgan fingerprint density at radius 3 is 2.50 bits per heavy atom. The zero-order valence-electron chi connectivity index (χ0n) is 8.84. The molecule has 1 aromatic carbocycles. The zero-order valence-corrected chi connectivity index (χ0v) is 10.4. The molecule has 0 atom stereocenters. The third-order valence-corrected chi connectivity index (χ3v) is 3.66. The van der Waals surface area contributed by atoms with Crippen LogP contribution in [0.25, 0.3) is 0 Å². The monoisotopic (exact) mass is 287 g/mol. The Balaban J connectivity index is 2.40. The van der Waals surface area contributed by atoms with Gasteiger partial charge < -0.3 is 0 Å². The first-order chi connectivity index (χ1) is 8.50. The van der Waals surface area contributed by atoms with Crippen molar-refractivity contribution in [2.24, 2.45) is 0 Å². The number of rotatable bonds is 3. The van der Waals surface area contributed by atoms with Gasteiger partial charge in [-0.1, -0.05) is 23.7 Å². The number of benzene rings is 1. The van der Waals surface area contributed by atoms with Gasteiger partial charge in [0.1, 0.15) is 10.7 Å². The summed E-state index contributed by atoms with van der Waals surface area (Å²) >= 11 is 5.66. The highest BCUT2D eigenvalue weighted by molar-refractivity contribution is 7.92. The molecule has 0 radical (unpaired) electrons. The van der Waals surface area contributed by atoms with Crippen LogP contribution in [0.4, 0.5) is 10.2 Å². The van der Waals surface area contributed by atoms with E-state index in [-0.39, 0.29) is 11.0 Å². The van der Waals surface area contributed by atoms with Gasteiger partial charge in [-0.25, -0.2) is 22.8 Å². The Bertz CT molecular complexity index is 678. The smallest absolute Gasteiger partial charge is 0.261 e. The van der Waals surface area contributed by atoms with Crippen molar-refractivity contribution in [3.05, 3.63) is 47.6 Å². The Morgan fingerprint density at radius 1 is 1.17 bits per heavy atom. The minimum atomic E-state index is -4.08. The van der Waals surface area contributed by atoms with Crippen LogP contribution in [0, 0.1) is 5.82 Å². The van der Waals surface area contributed by atoms with Gasteiger partial charge in [-0.2, -0.15) is 0 Å². The van der Waals surface area contributed by atoms with Crippen LogP contribution in [0.2, 0.25) is 5.15 Å². The van der Waals surface area contributed by atoms with Crippen LogP contribution < -0.4 is 4.72 Å². The lowest BCUT2D eigenvalue weighted by atomic mass is 10.4. The third-order valence-electron chi connectivity index (χ3n) is 2.01. The predicted molar refractivity (Wildman–Crippen MR) is 64.3 cm³/mol. The number of anilines is 1. The van der Waals surface area contributed by atoms with E-state index in [9.17, 15) is 12.8 Å². The van der Waals surface area contributed by atoms with E-state index in [1.54, 1.807) is 0 Å². The normalized spacial score (nSPS) is 11.2. The number of nitrogens with one attached hydrogen (secondary N) is 1. The molecular formula is C10H7ClFN3O2S. The summed E-state index contributed by atoms with van der Waals surface area (Å²) in [5, 5.41) is -0.114. The lowest BCUT2D eigenvalue weighted by Gasteiger charge is -2.08. The van der Waals surface area contributed by atoms with Crippen molar-refractivity contribution in [1.82, 2.24) is 9.97 Å². The van der Waals surface area contributed by atoms with E-state index in [1.165, 1.54) is 24.5 Å². The van der Waals surface area contributed by atoms with Gasteiger partial charge in [0.05, 0.1) is 0 Å². The van der Waals surface area contributed by atoms with Gasteiger partial charge in [0.2, 0.25) is 0 Å². The van der Waals surface area contributed by atoms with Gasteiger partial charge in [0.25, 0.3) is 10.0 Å². The first-order valence-electron chi connectivity index (χ1n) is 4.74. The summed E-state index contributed by atoms with van der Waals surface area (Å²) in [7, 11) is -4.08. The van der Waals surface area contributed by atoms with Crippen LogP contribution in [0.5, 0.6) is 0 Å². The van der Waals surface area contributed by atoms with Crippen LogP contribution >= 0.6 is 11.6 Å². The minimum absolute atomic E-state index is 0.114. The molecule has 0 fully saturated rings. The average molecular weight is 288 g/mol. The molecule has 0 aliphatic rings. The van der Waals surface area contributed by atoms with Gasteiger partial charge in [0.15, 0.2) is 11.0 Å². The van der Waals surface area contributed by atoms with E-state index in [0.717, 1.165) is 12.1 Å². The largest absolute Gasteiger partial charge is 0.266 e. The Hall–Kier alpha value is -1.73. The average Bonchev–Trinajstić information content (AvgIpc) is 2.32. The molecule has 0 spiro atoms. The summed E-state index contributed by atoms with van der Waals surface area (Å²) in [5.74, 6) is -1.01. The summed E-state index contributed by atoms with van der Waals surface area (Å²) < 4.78 is 39.3. The molecule has 0 aliphatic carbocycles. The molecular weight excluding hydrogens is 281 g/mol. The molecule has 0 bridgehead atoms. The topological polar surface area (TPSA) is 72.0 Å². The Kier molecular flexibility index (Phi) is 3.44. The summed E-state index contributed by atoms with van der Waals surface area (Å²) in [4.78, 5) is 6.89. The number of halogens is 2. The van der Waals surface area contributed by atoms with Crippen LogP contribution in [0.15, 0.2) is 41.6 Å². The molecule has 0 saturated carbocycles. The molecule has 8 heteroatoms. The van der Waals surface area contributed by atoms with Gasteiger partial charge in [0, 0.05) is 12.4 Å². The Morgan fingerprint density at radius 2 is 1.83 bits per heavy atom. The second-order valence-corrected chi connectivity index (χ2v) is 5.24. The van der Waals surface area contributed by atoms with Crippen LogP contribution in [-0.2, 0) is 10.0 Å². The second kappa shape index (κ2) is 4.87. The van der Waals surface area contributed by atoms with Gasteiger partial charge >= 0.3 is 0 Å². The number of hydrogen-bond donors (Lipinski definition) is 1. The molecule has 1 heterocycles. The maximum atomic E-state index is 13.4. The predicted octanol–water partition coefficient (Wildman–Crippen LogP) is 2.07. The highest BCUT2D eigenvalue weighted by atomic mass is 35.5. The molecule has 1 aromatic heterocycles. The van der Waals surface area contributed by atoms with Crippen molar-refractivity contribution in [3.8, 4) is 0 Å². The molecule has 2 rings (SSSR count). The van der Waals surface area contributed by atoms with Crippen molar-refractivity contribution in [2.45, 2.75) is 4.90 Å². The van der Waals surface area contributed by atoms with Crippen LogP contribution in [-0.4, -0.2) is 18.4 Å². The lowest BCUT2D eigenvalue weighted by Crippen LogP contribution is -2.15. The van der Waals surface area contributed by atoms with Crippen LogP contribution in [0.1, 0.15) is 0 Å². The Labute approximate surface area is 108 Å². The fraction of sp³-hybridized carbons (Fsp3) is 0.